The van der Waals surface area contributed by atoms with Gasteiger partial charge in [-0.3, -0.25) is 14.4 Å². The smallest absolute Gasteiger partial charge is 0.310 e. The monoisotopic (exact) mass is 440 g/mol. The van der Waals surface area contributed by atoms with E-state index in [4.69, 9.17) is 4.74 Å². The molecule has 2 fully saturated rings. The molecule has 2 saturated carbocycles. The highest BCUT2D eigenvalue weighted by Crippen LogP contribution is 2.53. The first kappa shape index (κ1) is 19.1. The van der Waals surface area contributed by atoms with Gasteiger partial charge in [-0.25, -0.2) is 0 Å². The van der Waals surface area contributed by atoms with Crippen LogP contribution in [0.4, 0.5) is 0 Å². The van der Waals surface area contributed by atoms with E-state index < -0.39 is 11.9 Å². The van der Waals surface area contributed by atoms with E-state index in [9.17, 15) is 14.4 Å². The molecule has 0 aromatic heterocycles. The number of carbonyl (C=O) groups excluding carboxylic acids is 3. The number of benzene rings is 2. The van der Waals surface area contributed by atoms with Crippen LogP contribution in [0.5, 0.6) is 0 Å². The summed E-state index contributed by atoms with van der Waals surface area (Å²) in [6, 6.07) is 16.1. The summed E-state index contributed by atoms with van der Waals surface area (Å²) in [7, 11) is 0. The van der Waals surface area contributed by atoms with Crippen molar-refractivity contribution < 1.29 is 19.1 Å². The number of hydrogen-bond acceptors (Lipinski definition) is 4. The molecule has 0 saturated heterocycles. The Bertz CT molecular complexity index is 891. The Morgan fingerprint density at radius 1 is 0.857 bits per heavy atom. The second-order valence-corrected chi connectivity index (χ2v) is 8.57. The van der Waals surface area contributed by atoms with Crippen LogP contribution in [-0.4, -0.2) is 24.1 Å². The number of ketones is 2. The summed E-state index contributed by atoms with van der Waals surface area (Å²) in [5, 5.41) is 0. The molecule has 0 N–H and O–H groups in total. The number of ether oxygens (including phenoxy) is 1. The highest BCUT2D eigenvalue weighted by molar-refractivity contribution is 9.10. The standard InChI is InChI=1S/C23H21BrO4/c24-18-10-8-14(9-11-18)19(25)13-28-23(27)21-17-7-6-16(12-17)20(21)22(26)15-4-2-1-3-5-15/h1-5,8-11,16-17,20-21H,6-7,12-13H2. The Morgan fingerprint density at radius 3 is 2.18 bits per heavy atom. The second-order valence-electron chi connectivity index (χ2n) is 7.65. The lowest BCUT2D eigenvalue weighted by atomic mass is 9.75. The van der Waals surface area contributed by atoms with Gasteiger partial charge in [0.2, 0.25) is 0 Å². The van der Waals surface area contributed by atoms with Crippen molar-refractivity contribution in [1.82, 2.24) is 0 Å². The molecule has 2 aromatic carbocycles. The molecule has 0 radical (unpaired) electrons. The van der Waals surface area contributed by atoms with Crippen molar-refractivity contribution in [3.63, 3.8) is 0 Å². The normalized spacial score (nSPS) is 25.5. The summed E-state index contributed by atoms with van der Waals surface area (Å²) in [6.45, 7) is -0.291. The van der Waals surface area contributed by atoms with Crippen molar-refractivity contribution in [3.05, 3.63) is 70.2 Å². The largest absolute Gasteiger partial charge is 0.457 e. The second kappa shape index (κ2) is 8.00. The molecule has 0 heterocycles. The molecule has 4 rings (SSSR count). The summed E-state index contributed by atoms with van der Waals surface area (Å²) in [6.07, 6.45) is 2.82. The highest BCUT2D eigenvalue weighted by atomic mass is 79.9. The Balaban J connectivity index is 1.45. The lowest BCUT2D eigenvalue weighted by Crippen LogP contribution is -2.36. The third kappa shape index (κ3) is 3.68. The molecule has 4 nitrogen and oxygen atoms in total. The maximum atomic E-state index is 13.1. The molecule has 0 spiro atoms. The van der Waals surface area contributed by atoms with Gasteiger partial charge in [-0.05, 0) is 43.2 Å². The molecular weight excluding hydrogens is 420 g/mol. The van der Waals surface area contributed by atoms with E-state index in [1.165, 1.54) is 0 Å². The molecule has 2 aliphatic rings. The van der Waals surface area contributed by atoms with E-state index in [1.54, 1.807) is 36.4 Å². The number of fused-ring (bicyclic) bond motifs is 2. The van der Waals surface area contributed by atoms with Gasteiger partial charge in [0.25, 0.3) is 0 Å². The van der Waals surface area contributed by atoms with Gasteiger partial charge in [0.1, 0.15) is 0 Å². The minimum Gasteiger partial charge on any atom is -0.457 e. The summed E-state index contributed by atoms with van der Waals surface area (Å²) in [5.74, 6) is -0.994. The highest BCUT2D eigenvalue weighted by Gasteiger charge is 2.54. The fourth-order valence-corrected chi connectivity index (χ4v) is 5.02. The zero-order valence-corrected chi connectivity index (χ0v) is 16.9. The maximum absolute atomic E-state index is 13.1. The summed E-state index contributed by atoms with van der Waals surface area (Å²) >= 11 is 3.33. The number of esters is 1. The SMILES string of the molecule is O=C(COC(=O)C1C2CCC(C2)C1C(=O)c1ccccc1)c1ccc(Br)cc1. The minimum atomic E-state index is -0.441. The number of carbonyl (C=O) groups is 3. The first-order valence-corrected chi connectivity index (χ1v) is 10.4. The molecule has 0 aliphatic heterocycles. The van der Waals surface area contributed by atoms with E-state index in [-0.39, 0.29) is 35.9 Å². The Hall–Kier alpha value is -2.27. The molecule has 2 bridgehead atoms. The molecule has 144 valence electrons. The van der Waals surface area contributed by atoms with Crippen molar-refractivity contribution in [2.75, 3.05) is 6.61 Å². The third-order valence-electron chi connectivity index (χ3n) is 6.06. The predicted molar refractivity (Wildman–Crippen MR) is 108 cm³/mol. The third-order valence-corrected chi connectivity index (χ3v) is 6.59. The minimum absolute atomic E-state index is 0.0222. The van der Waals surface area contributed by atoms with Crippen molar-refractivity contribution in [1.29, 1.82) is 0 Å². The van der Waals surface area contributed by atoms with Gasteiger partial charge in [-0.15, -0.1) is 0 Å². The number of rotatable bonds is 6. The predicted octanol–water partition coefficient (Wildman–Crippen LogP) is 4.72. The summed E-state index contributed by atoms with van der Waals surface area (Å²) < 4.78 is 6.27. The van der Waals surface area contributed by atoms with E-state index in [0.717, 1.165) is 23.7 Å². The topological polar surface area (TPSA) is 60.4 Å². The fraction of sp³-hybridized carbons (Fsp3) is 0.348. The van der Waals surface area contributed by atoms with Gasteiger partial charge in [-0.1, -0.05) is 58.4 Å². The maximum Gasteiger partial charge on any atom is 0.310 e. The number of Topliss-reactive ketones (excluding diaryl/α,β-unsaturated/α-hetero) is 2. The Morgan fingerprint density at radius 2 is 1.50 bits per heavy atom. The van der Waals surface area contributed by atoms with E-state index in [1.807, 2.05) is 18.2 Å². The van der Waals surface area contributed by atoms with Crippen LogP contribution in [0.25, 0.3) is 0 Å². The van der Waals surface area contributed by atoms with E-state index >= 15 is 0 Å². The zero-order chi connectivity index (χ0) is 19.7. The van der Waals surface area contributed by atoms with Crippen LogP contribution in [0.2, 0.25) is 0 Å². The van der Waals surface area contributed by atoms with Crippen LogP contribution in [0.3, 0.4) is 0 Å². The first-order valence-electron chi connectivity index (χ1n) is 9.59. The molecular formula is C23H21BrO4. The zero-order valence-electron chi connectivity index (χ0n) is 15.3. The molecule has 2 aliphatic carbocycles. The first-order chi connectivity index (χ1) is 13.5. The average Bonchev–Trinajstić information content (AvgIpc) is 3.34. The fourth-order valence-electron chi connectivity index (χ4n) is 4.75. The van der Waals surface area contributed by atoms with Crippen LogP contribution >= 0.6 is 15.9 Å². The lowest BCUT2D eigenvalue weighted by molar-refractivity contribution is -0.150. The van der Waals surface area contributed by atoms with Crippen molar-refractivity contribution >= 4 is 33.5 Å². The number of hydrogen-bond donors (Lipinski definition) is 0. The van der Waals surface area contributed by atoms with E-state index in [2.05, 4.69) is 15.9 Å². The molecule has 5 heteroatoms. The van der Waals surface area contributed by atoms with Crippen LogP contribution in [0, 0.1) is 23.7 Å². The van der Waals surface area contributed by atoms with Gasteiger partial charge in [0.15, 0.2) is 18.2 Å². The lowest BCUT2D eigenvalue weighted by Gasteiger charge is -2.28. The van der Waals surface area contributed by atoms with Crippen molar-refractivity contribution in [2.45, 2.75) is 19.3 Å². The van der Waals surface area contributed by atoms with E-state index in [0.29, 0.717) is 11.1 Å². The van der Waals surface area contributed by atoms with Gasteiger partial charge < -0.3 is 4.74 Å². The average molecular weight is 441 g/mol. The van der Waals surface area contributed by atoms with Gasteiger partial charge in [0, 0.05) is 21.5 Å². The molecule has 2 aromatic rings. The van der Waals surface area contributed by atoms with Crippen LogP contribution < -0.4 is 0 Å². The van der Waals surface area contributed by atoms with Crippen LogP contribution in [-0.2, 0) is 9.53 Å². The molecule has 4 unspecified atom stereocenters. The number of halogens is 1. The molecule has 4 atom stereocenters. The Kier molecular flexibility index (Phi) is 5.44. The quantitative estimate of drug-likeness (QED) is 0.481. The van der Waals surface area contributed by atoms with Crippen LogP contribution in [0.15, 0.2) is 59.1 Å². The summed E-state index contributed by atoms with van der Waals surface area (Å²) in [4.78, 5) is 38.2. The van der Waals surface area contributed by atoms with Crippen molar-refractivity contribution in [2.24, 2.45) is 23.7 Å². The Labute approximate surface area is 172 Å². The summed E-state index contributed by atoms with van der Waals surface area (Å²) in [5.41, 5.74) is 1.14. The van der Waals surface area contributed by atoms with Gasteiger partial charge in [-0.2, -0.15) is 0 Å². The van der Waals surface area contributed by atoms with Gasteiger partial charge >= 0.3 is 5.97 Å². The molecule has 0 amide bonds. The van der Waals surface area contributed by atoms with Gasteiger partial charge in [0.05, 0.1) is 5.92 Å². The van der Waals surface area contributed by atoms with Crippen LogP contribution in [0.1, 0.15) is 40.0 Å². The van der Waals surface area contributed by atoms with Crippen molar-refractivity contribution in [3.8, 4) is 0 Å². The molecule has 28 heavy (non-hydrogen) atoms.